The maximum absolute atomic E-state index is 12.7. The van der Waals surface area contributed by atoms with Crippen LogP contribution in [0.25, 0.3) is 0 Å². The number of carbonyl (C=O) groups is 2. The van der Waals surface area contributed by atoms with Gasteiger partial charge < -0.3 is 14.8 Å². The summed E-state index contributed by atoms with van der Waals surface area (Å²) in [5.74, 6) is -0.649. The van der Waals surface area contributed by atoms with Crippen LogP contribution < -0.4 is 10.1 Å². The van der Waals surface area contributed by atoms with Crippen molar-refractivity contribution in [3.8, 4) is 5.75 Å². The van der Waals surface area contributed by atoms with Crippen molar-refractivity contribution < 1.29 is 23.5 Å². The monoisotopic (exact) mass is 283 g/mol. The van der Waals surface area contributed by atoms with Crippen molar-refractivity contribution in [2.75, 3.05) is 13.2 Å². The highest BCUT2D eigenvalue weighted by Gasteiger charge is 2.16. The molecule has 1 N–H and O–H groups in total. The van der Waals surface area contributed by atoms with Crippen molar-refractivity contribution in [3.63, 3.8) is 0 Å². The first-order valence-corrected chi connectivity index (χ1v) is 6.37. The Morgan fingerprint density at radius 2 is 1.95 bits per heavy atom. The normalized spacial score (nSPS) is 11.6. The molecule has 0 aliphatic heterocycles. The van der Waals surface area contributed by atoms with Crippen LogP contribution in [0.2, 0.25) is 0 Å². The van der Waals surface area contributed by atoms with E-state index in [1.807, 2.05) is 0 Å². The number of hydrogen-bond donors (Lipinski definition) is 1. The van der Waals surface area contributed by atoms with Gasteiger partial charge in [-0.05, 0) is 38.1 Å². The van der Waals surface area contributed by atoms with E-state index < -0.39 is 12.0 Å². The number of amides is 1. The molecule has 0 saturated carbocycles. The number of carbonyl (C=O) groups excluding carboxylic acids is 2. The number of esters is 1. The average molecular weight is 283 g/mol. The molecule has 20 heavy (non-hydrogen) atoms. The Morgan fingerprint density at radius 3 is 2.55 bits per heavy atom. The van der Waals surface area contributed by atoms with Crippen LogP contribution in [0.1, 0.15) is 20.3 Å². The molecule has 1 rings (SSSR count). The third-order valence-corrected chi connectivity index (χ3v) is 2.43. The molecule has 1 aromatic rings. The molecule has 110 valence electrons. The number of nitrogens with one attached hydrogen (secondary N) is 1. The fourth-order valence-electron chi connectivity index (χ4n) is 1.43. The zero-order chi connectivity index (χ0) is 15.0. The van der Waals surface area contributed by atoms with Gasteiger partial charge in [0.2, 0.25) is 5.91 Å². The molecule has 5 nitrogen and oxygen atoms in total. The second kappa shape index (κ2) is 8.14. The quantitative estimate of drug-likeness (QED) is 0.773. The second-order valence-corrected chi connectivity index (χ2v) is 4.09. The molecule has 1 unspecified atom stereocenters. The van der Waals surface area contributed by atoms with Crippen LogP contribution in [-0.2, 0) is 14.3 Å². The number of halogens is 1. The molecule has 0 radical (unpaired) electrons. The maximum atomic E-state index is 12.7. The molecular formula is C14H18FNO4. The van der Waals surface area contributed by atoms with Gasteiger partial charge in [-0.15, -0.1) is 0 Å². The minimum absolute atomic E-state index is 0.0983. The first kappa shape index (κ1) is 15.9. The van der Waals surface area contributed by atoms with E-state index >= 15 is 0 Å². The van der Waals surface area contributed by atoms with Gasteiger partial charge in [-0.2, -0.15) is 0 Å². The number of benzene rings is 1. The predicted octanol–water partition coefficient (Wildman–Crippen LogP) is 1.66. The summed E-state index contributed by atoms with van der Waals surface area (Å²) in [6.07, 6.45) is 0.0983. The first-order valence-electron chi connectivity index (χ1n) is 6.37. The van der Waals surface area contributed by atoms with E-state index in [-0.39, 0.29) is 31.4 Å². The van der Waals surface area contributed by atoms with Gasteiger partial charge in [0.25, 0.3) is 0 Å². The van der Waals surface area contributed by atoms with Crippen molar-refractivity contribution in [1.82, 2.24) is 5.32 Å². The fourth-order valence-corrected chi connectivity index (χ4v) is 1.43. The average Bonchev–Trinajstić information content (AvgIpc) is 2.41. The van der Waals surface area contributed by atoms with Crippen molar-refractivity contribution in [2.24, 2.45) is 0 Å². The first-order chi connectivity index (χ1) is 9.52. The highest BCUT2D eigenvalue weighted by atomic mass is 19.1. The molecule has 0 aliphatic carbocycles. The third-order valence-electron chi connectivity index (χ3n) is 2.43. The Balaban J connectivity index is 2.26. The molecule has 0 saturated heterocycles. The highest BCUT2D eigenvalue weighted by Crippen LogP contribution is 2.11. The van der Waals surface area contributed by atoms with Crippen molar-refractivity contribution in [3.05, 3.63) is 30.1 Å². The minimum Gasteiger partial charge on any atom is -0.493 e. The van der Waals surface area contributed by atoms with Gasteiger partial charge in [-0.3, -0.25) is 4.79 Å². The Kier molecular flexibility index (Phi) is 6.49. The topological polar surface area (TPSA) is 64.6 Å². The highest BCUT2D eigenvalue weighted by molar-refractivity contribution is 5.84. The molecule has 0 aliphatic rings. The summed E-state index contributed by atoms with van der Waals surface area (Å²) in [5, 5.41) is 2.51. The van der Waals surface area contributed by atoms with Crippen LogP contribution in [-0.4, -0.2) is 31.1 Å². The molecule has 1 aromatic carbocycles. The van der Waals surface area contributed by atoms with Gasteiger partial charge in [0.05, 0.1) is 19.6 Å². The summed E-state index contributed by atoms with van der Waals surface area (Å²) >= 11 is 0. The van der Waals surface area contributed by atoms with Gasteiger partial charge in [0.1, 0.15) is 17.6 Å². The van der Waals surface area contributed by atoms with Crippen LogP contribution in [0.5, 0.6) is 5.75 Å². The van der Waals surface area contributed by atoms with Crippen LogP contribution in [0.3, 0.4) is 0 Å². The summed E-state index contributed by atoms with van der Waals surface area (Å²) < 4.78 is 22.7. The molecule has 0 aromatic heterocycles. The van der Waals surface area contributed by atoms with Crippen LogP contribution in [0, 0.1) is 5.82 Å². The van der Waals surface area contributed by atoms with E-state index in [1.165, 1.54) is 24.3 Å². The standard InChI is InChI=1S/C14H18FNO4/c1-3-19-14(18)10(2)16-13(17)8-9-20-12-6-4-11(15)5-7-12/h4-7,10H,3,8-9H2,1-2H3,(H,16,17). The zero-order valence-electron chi connectivity index (χ0n) is 11.5. The van der Waals surface area contributed by atoms with E-state index in [1.54, 1.807) is 13.8 Å². The molecule has 0 spiro atoms. The molecular weight excluding hydrogens is 265 g/mol. The summed E-state index contributed by atoms with van der Waals surface area (Å²) in [5.41, 5.74) is 0. The maximum Gasteiger partial charge on any atom is 0.328 e. The van der Waals surface area contributed by atoms with Crippen molar-refractivity contribution in [2.45, 2.75) is 26.3 Å². The summed E-state index contributed by atoms with van der Waals surface area (Å²) in [6, 6.07) is 4.83. The smallest absolute Gasteiger partial charge is 0.328 e. The van der Waals surface area contributed by atoms with Crippen molar-refractivity contribution in [1.29, 1.82) is 0 Å². The van der Waals surface area contributed by atoms with E-state index in [2.05, 4.69) is 5.32 Å². The third kappa shape index (κ3) is 5.69. The number of ether oxygens (including phenoxy) is 2. The van der Waals surface area contributed by atoms with E-state index in [0.29, 0.717) is 5.75 Å². The molecule has 1 amide bonds. The van der Waals surface area contributed by atoms with E-state index in [9.17, 15) is 14.0 Å². The SMILES string of the molecule is CCOC(=O)C(C)NC(=O)CCOc1ccc(F)cc1. The minimum atomic E-state index is -0.687. The Bertz CT molecular complexity index is 447. The van der Waals surface area contributed by atoms with E-state index in [4.69, 9.17) is 9.47 Å². The van der Waals surface area contributed by atoms with E-state index in [0.717, 1.165) is 0 Å². The lowest BCUT2D eigenvalue weighted by Gasteiger charge is -2.12. The molecule has 0 fully saturated rings. The lowest BCUT2D eigenvalue weighted by molar-refractivity contribution is -0.146. The van der Waals surface area contributed by atoms with Crippen LogP contribution in [0.15, 0.2) is 24.3 Å². The molecule has 6 heteroatoms. The predicted molar refractivity (Wildman–Crippen MR) is 70.7 cm³/mol. The lowest BCUT2D eigenvalue weighted by atomic mass is 10.3. The van der Waals surface area contributed by atoms with Crippen molar-refractivity contribution >= 4 is 11.9 Å². The number of hydrogen-bond acceptors (Lipinski definition) is 4. The van der Waals surface area contributed by atoms with Gasteiger partial charge in [0.15, 0.2) is 0 Å². The lowest BCUT2D eigenvalue weighted by Crippen LogP contribution is -2.40. The summed E-state index contributed by atoms with van der Waals surface area (Å²) in [4.78, 5) is 22.8. The fraction of sp³-hybridized carbons (Fsp3) is 0.429. The molecule has 0 bridgehead atoms. The summed E-state index contributed by atoms with van der Waals surface area (Å²) in [7, 11) is 0. The van der Waals surface area contributed by atoms with Gasteiger partial charge in [-0.1, -0.05) is 0 Å². The van der Waals surface area contributed by atoms with Crippen LogP contribution >= 0.6 is 0 Å². The van der Waals surface area contributed by atoms with Gasteiger partial charge in [0, 0.05) is 0 Å². The molecule has 1 atom stereocenters. The van der Waals surface area contributed by atoms with Gasteiger partial charge >= 0.3 is 5.97 Å². The Hall–Kier alpha value is -2.11. The molecule has 0 heterocycles. The Morgan fingerprint density at radius 1 is 1.30 bits per heavy atom. The summed E-state index contributed by atoms with van der Waals surface area (Å²) in [6.45, 7) is 3.67. The zero-order valence-corrected chi connectivity index (χ0v) is 11.5. The number of rotatable bonds is 7. The second-order valence-electron chi connectivity index (χ2n) is 4.09. The largest absolute Gasteiger partial charge is 0.493 e. The Labute approximate surface area is 117 Å². The van der Waals surface area contributed by atoms with Crippen LogP contribution in [0.4, 0.5) is 4.39 Å². The van der Waals surface area contributed by atoms with Gasteiger partial charge in [-0.25, -0.2) is 9.18 Å².